The van der Waals surface area contributed by atoms with E-state index < -0.39 is 0 Å². The first-order chi connectivity index (χ1) is 8.78. The molecular formula is C15H15NOS. The van der Waals surface area contributed by atoms with Crippen LogP contribution in [0.1, 0.15) is 21.6 Å². The summed E-state index contributed by atoms with van der Waals surface area (Å²) in [6, 6.07) is 14.7. The van der Waals surface area contributed by atoms with E-state index in [9.17, 15) is 0 Å². The number of para-hydroxylation sites is 1. The van der Waals surface area contributed by atoms with Crippen molar-refractivity contribution in [2.45, 2.75) is 13.0 Å². The van der Waals surface area contributed by atoms with Crippen LogP contribution < -0.4 is 5.32 Å². The molecule has 1 N–H and O–H groups in total. The molecule has 1 unspecified atom stereocenters. The number of hydrogen-bond donors (Lipinski definition) is 1. The number of thiophene rings is 1. The van der Waals surface area contributed by atoms with E-state index in [4.69, 9.17) is 4.42 Å². The van der Waals surface area contributed by atoms with Gasteiger partial charge in [-0.3, -0.25) is 0 Å². The lowest BCUT2D eigenvalue weighted by atomic mass is 10.1. The van der Waals surface area contributed by atoms with Gasteiger partial charge in [0.25, 0.3) is 0 Å². The van der Waals surface area contributed by atoms with Crippen molar-refractivity contribution in [3.63, 3.8) is 0 Å². The molecule has 2 heterocycles. The van der Waals surface area contributed by atoms with Crippen LogP contribution in [0.15, 0.2) is 46.9 Å². The van der Waals surface area contributed by atoms with Crippen LogP contribution in [0.3, 0.4) is 0 Å². The Morgan fingerprint density at radius 1 is 1.17 bits per heavy atom. The molecular weight excluding hydrogens is 242 g/mol. The highest BCUT2D eigenvalue weighted by molar-refractivity contribution is 7.12. The quantitative estimate of drug-likeness (QED) is 0.763. The van der Waals surface area contributed by atoms with Gasteiger partial charge in [-0.15, -0.1) is 11.3 Å². The average molecular weight is 257 g/mol. The number of furan rings is 1. The summed E-state index contributed by atoms with van der Waals surface area (Å²) in [7, 11) is 1.97. The highest BCUT2D eigenvalue weighted by Gasteiger charge is 2.18. The van der Waals surface area contributed by atoms with Crippen LogP contribution in [-0.2, 0) is 0 Å². The second-order valence-corrected chi connectivity index (χ2v) is 5.68. The number of rotatable bonds is 3. The summed E-state index contributed by atoms with van der Waals surface area (Å²) in [4.78, 5) is 2.61. The Morgan fingerprint density at radius 3 is 2.67 bits per heavy atom. The van der Waals surface area contributed by atoms with Gasteiger partial charge >= 0.3 is 0 Å². The fourth-order valence-electron chi connectivity index (χ4n) is 2.18. The van der Waals surface area contributed by atoms with Gasteiger partial charge < -0.3 is 9.73 Å². The van der Waals surface area contributed by atoms with Gasteiger partial charge in [-0.05, 0) is 38.2 Å². The van der Waals surface area contributed by atoms with Crippen LogP contribution in [0.5, 0.6) is 0 Å². The standard InChI is InChI=1S/C15H15NOS/c1-10-7-8-14(18-10)15(16-2)13-9-11-5-3-4-6-12(11)17-13/h3-9,15-16H,1-2H3. The summed E-state index contributed by atoms with van der Waals surface area (Å²) in [6.07, 6.45) is 0. The summed E-state index contributed by atoms with van der Waals surface area (Å²) in [5.41, 5.74) is 0.945. The van der Waals surface area contributed by atoms with E-state index in [1.165, 1.54) is 9.75 Å². The Morgan fingerprint density at radius 2 is 2.00 bits per heavy atom. The summed E-state index contributed by atoms with van der Waals surface area (Å²) in [5, 5.41) is 4.48. The van der Waals surface area contributed by atoms with Gasteiger partial charge in [0.1, 0.15) is 17.4 Å². The molecule has 0 spiro atoms. The molecule has 3 aromatic rings. The Bertz CT molecular complexity index is 635. The molecule has 18 heavy (non-hydrogen) atoms. The van der Waals surface area contributed by atoms with Crippen LogP contribution in [0.2, 0.25) is 0 Å². The van der Waals surface area contributed by atoms with Gasteiger partial charge in [0.2, 0.25) is 0 Å². The number of fused-ring (bicyclic) bond motifs is 1. The maximum Gasteiger partial charge on any atom is 0.134 e. The molecule has 3 heteroatoms. The Labute approximate surface area is 110 Å². The summed E-state index contributed by atoms with van der Waals surface area (Å²) >= 11 is 1.80. The van der Waals surface area contributed by atoms with Gasteiger partial charge in [0.15, 0.2) is 0 Å². The Kier molecular flexibility index (Phi) is 2.94. The van der Waals surface area contributed by atoms with E-state index >= 15 is 0 Å². The second-order valence-electron chi connectivity index (χ2n) is 4.36. The van der Waals surface area contributed by atoms with Crippen molar-refractivity contribution < 1.29 is 4.42 Å². The zero-order valence-electron chi connectivity index (χ0n) is 10.4. The lowest BCUT2D eigenvalue weighted by Gasteiger charge is -2.10. The highest BCUT2D eigenvalue weighted by Crippen LogP contribution is 2.31. The van der Waals surface area contributed by atoms with Crippen molar-refractivity contribution in [2.24, 2.45) is 0 Å². The molecule has 0 aliphatic rings. The predicted molar refractivity (Wildman–Crippen MR) is 76.2 cm³/mol. The zero-order valence-corrected chi connectivity index (χ0v) is 11.3. The SMILES string of the molecule is CNC(c1cc2ccccc2o1)c1ccc(C)s1. The van der Waals surface area contributed by atoms with Crippen molar-refractivity contribution in [2.75, 3.05) is 7.05 Å². The van der Waals surface area contributed by atoms with Crippen molar-refractivity contribution in [3.05, 3.63) is 58.0 Å². The van der Waals surface area contributed by atoms with Crippen molar-refractivity contribution in [1.29, 1.82) is 0 Å². The molecule has 2 nitrogen and oxygen atoms in total. The largest absolute Gasteiger partial charge is 0.459 e. The first-order valence-corrected chi connectivity index (χ1v) is 6.81. The van der Waals surface area contributed by atoms with Crippen LogP contribution in [0, 0.1) is 6.92 Å². The Balaban J connectivity index is 2.05. The molecule has 0 saturated heterocycles. The van der Waals surface area contributed by atoms with Crippen molar-refractivity contribution >= 4 is 22.3 Å². The summed E-state index contributed by atoms with van der Waals surface area (Å²) in [6.45, 7) is 2.12. The topological polar surface area (TPSA) is 25.2 Å². The predicted octanol–water partition coefficient (Wildman–Crippen LogP) is 4.11. The van der Waals surface area contributed by atoms with Gasteiger partial charge in [-0.25, -0.2) is 0 Å². The third-order valence-corrected chi connectivity index (χ3v) is 4.13. The Hall–Kier alpha value is -1.58. The first-order valence-electron chi connectivity index (χ1n) is 6.00. The molecule has 2 aromatic heterocycles. The third-order valence-electron chi connectivity index (χ3n) is 3.06. The van der Waals surface area contributed by atoms with E-state index in [0.717, 1.165) is 16.7 Å². The van der Waals surface area contributed by atoms with Gasteiger partial charge in [-0.1, -0.05) is 18.2 Å². The van der Waals surface area contributed by atoms with E-state index in [2.05, 4.69) is 36.5 Å². The van der Waals surface area contributed by atoms with Crippen LogP contribution in [0.25, 0.3) is 11.0 Å². The second kappa shape index (κ2) is 4.59. The van der Waals surface area contributed by atoms with Crippen LogP contribution >= 0.6 is 11.3 Å². The van der Waals surface area contributed by atoms with Crippen molar-refractivity contribution in [3.8, 4) is 0 Å². The lowest BCUT2D eigenvalue weighted by Crippen LogP contribution is -2.15. The normalized spacial score (nSPS) is 13.0. The molecule has 0 saturated carbocycles. The molecule has 0 bridgehead atoms. The molecule has 0 radical (unpaired) electrons. The van der Waals surface area contributed by atoms with E-state index in [-0.39, 0.29) is 6.04 Å². The summed E-state index contributed by atoms with van der Waals surface area (Å²) in [5.74, 6) is 0.973. The van der Waals surface area contributed by atoms with Gasteiger partial charge in [0.05, 0.1) is 0 Å². The molecule has 1 atom stereocenters. The molecule has 0 amide bonds. The van der Waals surface area contributed by atoms with Gasteiger partial charge in [-0.2, -0.15) is 0 Å². The number of hydrogen-bond acceptors (Lipinski definition) is 3. The highest BCUT2D eigenvalue weighted by atomic mass is 32.1. The minimum Gasteiger partial charge on any atom is -0.459 e. The van der Waals surface area contributed by atoms with Crippen LogP contribution in [0.4, 0.5) is 0 Å². The first kappa shape index (κ1) is 11.5. The maximum atomic E-state index is 5.93. The maximum absolute atomic E-state index is 5.93. The number of nitrogens with one attached hydrogen (secondary N) is 1. The van der Waals surface area contributed by atoms with Gasteiger partial charge in [0, 0.05) is 15.1 Å². The van der Waals surface area contributed by atoms with Crippen LogP contribution in [-0.4, -0.2) is 7.05 Å². The molecule has 3 rings (SSSR count). The third kappa shape index (κ3) is 1.96. The summed E-state index contributed by atoms with van der Waals surface area (Å²) < 4.78 is 5.93. The molecule has 0 aliphatic carbocycles. The number of aryl methyl sites for hydroxylation is 1. The number of benzene rings is 1. The fraction of sp³-hybridized carbons (Fsp3) is 0.200. The lowest BCUT2D eigenvalue weighted by molar-refractivity contribution is 0.495. The average Bonchev–Trinajstić information content (AvgIpc) is 2.96. The van der Waals surface area contributed by atoms with Crippen molar-refractivity contribution in [1.82, 2.24) is 5.32 Å². The van der Waals surface area contributed by atoms with E-state index in [0.29, 0.717) is 0 Å². The molecule has 1 aromatic carbocycles. The fourth-order valence-corrected chi connectivity index (χ4v) is 3.17. The molecule has 92 valence electrons. The van der Waals surface area contributed by atoms with E-state index in [1.807, 2.05) is 25.2 Å². The monoisotopic (exact) mass is 257 g/mol. The minimum absolute atomic E-state index is 0.135. The zero-order chi connectivity index (χ0) is 12.5. The molecule has 0 aliphatic heterocycles. The smallest absolute Gasteiger partial charge is 0.134 e. The van der Waals surface area contributed by atoms with E-state index in [1.54, 1.807) is 11.3 Å². The minimum atomic E-state index is 0.135. The molecule has 0 fully saturated rings.